The summed E-state index contributed by atoms with van der Waals surface area (Å²) in [5.41, 5.74) is 0. The molecule has 0 saturated carbocycles. The molecule has 0 amide bonds. The highest BCUT2D eigenvalue weighted by atomic mass is 28.3. The van der Waals surface area contributed by atoms with E-state index in [0.717, 1.165) is 6.04 Å². The molecule has 124 valence electrons. The maximum atomic E-state index is 4.02. The molecule has 0 radical (unpaired) electrons. The summed E-state index contributed by atoms with van der Waals surface area (Å²) in [6.45, 7) is 17.3. The third-order valence-corrected chi connectivity index (χ3v) is 10.5. The van der Waals surface area contributed by atoms with Crippen LogP contribution in [-0.4, -0.2) is 49.9 Å². The molecule has 2 heterocycles. The van der Waals surface area contributed by atoms with E-state index in [2.05, 4.69) is 47.4 Å². The Balaban J connectivity index is 1.97. The number of nitrogens with zero attached hydrogens (tertiary/aromatic N) is 2. The Morgan fingerprint density at radius 1 is 0.773 bits per heavy atom. The van der Waals surface area contributed by atoms with Crippen molar-refractivity contribution in [3.8, 4) is 0 Å². The molecule has 2 saturated heterocycles. The van der Waals surface area contributed by atoms with Crippen LogP contribution in [0.3, 0.4) is 0 Å². The zero-order valence-electron chi connectivity index (χ0n) is 14.3. The van der Waals surface area contributed by atoms with E-state index in [9.17, 15) is 0 Å². The molecular weight excluding hydrogens is 284 g/mol. The lowest BCUT2D eigenvalue weighted by Gasteiger charge is -2.47. The predicted octanol–water partition coefficient (Wildman–Crippen LogP) is 4.44. The molecular formula is C19H34N2Si. The van der Waals surface area contributed by atoms with E-state index in [1.165, 1.54) is 76.4 Å². The molecule has 0 atom stereocenters. The van der Waals surface area contributed by atoms with Crippen LogP contribution in [0.5, 0.6) is 0 Å². The van der Waals surface area contributed by atoms with E-state index in [0.29, 0.717) is 0 Å². The molecule has 0 N–H and O–H groups in total. The average molecular weight is 319 g/mol. The standard InChI is InChI=1S/C19H34N2Si/c1-4-16-22(17-5-2,18-6-3)21-14-10-19(11-15-21)20-12-8-7-9-13-20/h4-6,19H,1-3,7-18H2. The van der Waals surface area contributed by atoms with Gasteiger partial charge in [-0.1, -0.05) is 24.6 Å². The second kappa shape index (κ2) is 8.85. The average Bonchev–Trinajstić information content (AvgIpc) is 2.56. The molecule has 0 aromatic rings. The van der Waals surface area contributed by atoms with Crippen LogP contribution < -0.4 is 0 Å². The minimum Gasteiger partial charge on any atom is -0.323 e. The van der Waals surface area contributed by atoms with Crippen LogP contribution in [0.15, 0.2) is 38.0 Å². The van der Waals surface area contributed by atoms with Gasteiger partial charge in [0.25, 0.3) is 0 Å². The van der Waals surface area contributed by atoms with Crippen LogP contribution in [0.2, 0.25) is 18.1 Å². The van der Waals surface area contributed by atoms with E-state index in [4.69, 9.17) is 0 Å². The van der Waals surface area contributed by atoms with Crippen molar-refractivity contribution in [2.24, 2.45) is 0 Å². The molecule has 0 aliphatic carbocycles. The maximum absolute atomic E-state index is 4.02. The summed E-state index contributed by atoms with van der Waals surface area (Å²) in [5.74, 6) is 0. The number of hydrogen-bond acceptors (Lipinski definition) is 2. The molecule has 2 aliphatic rings. The van der Waals surface area contributed by atoms with Crippen LogP contribution in [-0.2, 0) is 0 Å². The summed E-state index contributed by atoms with van der Waals surface area (Å²) >= 11 is 0. The first-order valence-corrected chi connectivity index (χ1v) is 11.6. The van der Waals surface area contributed by atoms with Gasteiger partial charge in [0, 0.05) is 6.04 Å². The number of allylic oxidation sites excluding steroid dienone is 3. The van der Waals surface area contributed by atoms with E-state index in [1.54, 1.807) is 0 Å². The highest BCUT2D eigenvalue weighted by Gasteiger charge is 2.39. The lowest BCUT2D eigenvalue weighted by molar-refractivity contribution is 0.115. The zero-order valence-corrected chi connectivity index (χ0v) is 15.3. The van der Waals surface area contributed by atoms with Gasteiger partial charge in [-0.15, -0.1) is 19.7 Å². The summed E-state index contributed by atoms with van der Waals surface area (Å²) in [4.78, 5) is 2.76. The SMILES string of the molecule is C=CC[Si](CC=C)(CC=C)N1CCC(N2CCCCC2)CC1. The van der Waals surface area contributed by atoms with Gasteiger partial charge in [-0.05, 0) is 70.0 Å². The third-order valence-electron chi connectivity index (χ3n) is 5.62. The number of likely N-dealkylation sites (tertiary alicyclic amines) is 1. The first-order chi connectivity index (χ1) is 10.8. The summed E-state index contributed by atoms with van der Waals surface area (Å²) < 4.78 is 2.83. The normalized spacial score (nSPS) is 22.4. The Labute approximate surface area is 138 Å². The van der Waals surface area contributed by atoms with Crippen molar-refractivity contribution in [1.82, 2.24) is 9.47 Å². The lowest BCUT2D eigenvalue weighted by atomic mass is 10.0. The molecule has 2 rings (SSSR count). The molecule has 2 nitrogen and oxygen atoms in total. The van der Waals surface area contributed by atoms with Gasteiger partial charge in [0.2, 0.25) is 0 Å². The first kappa shape index (κ1) is 17.7. The fraction of sp³-hybridized carbons (Fsp3) is 0.684. The maximum Gasteiger partial charge on any atom is 0.139 e. The van der Waals surface area contributed by atoms with Crippen molar-refractivity contribution in [2.75, 3.05) is 26.2 Å². The molecule has 0 aromatic carbocycles. The Morgan fingerprint density at radius 3 is 1.73 bits per heavy atom. The van der Waals surface area contributed by atoms with Crippen molar-refractivity contribution in [3.63, 3.8) is 0 Å². The molecule has 0 spiro atoms. The number of piperidine rings is 2. The van der Waals surface area contributed by atoms with Crippen LogP contribution >= 0.6 is 0 Å². The highest BCUT2D eigenvalue weighted by molar-refractivity contribution is 6.78. The smallest absolute Gasteiger partial charge is 0.139 e. The van der Waals surface area contributed by atoms with Gasteiger partial charge in [-0.3, -0.25) is 0 Å². The number of hydrogen-bond donors (Lipinski definition) is 0. The minimum absolute atomic E-state index is 0.833. The number of rotatable bonds is 8. The molecule has 22 heavy (non-hydrogen) atoms. The van der Waals surface area contributed by atoms with E-state index in [1.807, 2.05) is 0 Å². The highest BCUT2D eigenvalue weighted by Crippen LogP contribution is 2.31. The van der Waals surface area contributed by atoms with Gasteiger partial charge in [-0.2, -0.15) is 0 Å². The Hall–Kier alpha value is -0.643. The molecule has 2 fully saturated rings. The van der Waals surface area contributed by atoms with Gasteiger partial charge < -0.3 is 9.47 Å². The summed E-state index contributed by atoms with van der Waals surface area (Å²) in [7, 11) is -1.51. The summed E-state index contributed by atoms with van der Waals surface area (Å²) in [6.07, 6.45) is 13.3. The van der Waals surface area contributed by atoms with Crippen LogP contribution in [0, 0.1) is 0 Å². The Kier molecular flexibility index (Phi) is 7.12. The van der Waals surface area contributed by atoms with Gasteiger partial charge >= 0.3 is 0 Å². The first-order valence-electron chi connectivity index (χ1n) is 9.07. The fourth-order valence-electron chi connectivity index (χ4n) is 4.43. The third kappa shape index (κ3) is 4.21. The van der Waals surface area contributed by atoms with Crippen molar-refractivity contribution in [1.29, 1.82) is 0 Å². The van der Waals surface area contributed by atoms with Crippen LogP contribution in [0.1, 0.15) is 32.1 Å². The largest absolute Gasteiger partial charge is 0.323 e. The van der Waals surface area contributed by atoms with Crippen molar-refractivity contribution < 1.29 is 0 Å². The second-order valence-electron chi connectivity index (χ2n) is 7.02. The molecule has 0 bridgehead atoms. The monoisotopic (exact) mass is 318 g/mol. The fourth-order valence-corrected chi connectivity index (χ4v) is 8.53. The molecule has 2 aliphatic heterocycles. The molecule has 0 aromatic heterocycles. The van der Waals surface area contributed by atoms with Crippen molar-refractivity contribution in [2.45, 2.75) is 56.3 Å². The molecule has 3 heteroatoms. The minimum atomic E-state index is -1.51. The Bertz CT molecular complexity index is 339. The lowest BCUT2D eigenvalue weighted by Crippen LogP contribution is -2.58. The van der Waals surface area contributed by atoms with Gasteiger partial charge in [-0.25, -0.2) is 0 Å². The summed E-state index contributed by atoms with van der Waals surface area (Å²) in [5, 5.41) is 0. The van der Waals surface area contributed by atoms with E-state index >= 15 is 0 Å². The van der Waals surface area contributed by atoms with Crippen molar-refractivity contribution in [3.05, 3.63) is 38.0 Å². The van der Waals surface area contributed by atoms with Crippen LogP contribution in [0.25, 0.3) is 0 Å². The summed E-state index contributed by atoms with van der Waals surface area (Å²) in [6, 6.07) is 4.33. The van der Waals surface area contributed by atoms with Gasteiger partial charge in [0.15, 0.2) is 0 Å². The topological polar surface area (TPSA) is 6.48 Å². The Morgan fingerprint density at radius 2 is 1.27 bits per heavy atom. The van der Waals surface area contributed by atoms with E-state index in [-0.39, 0.29) is 0 Å². The van der Waals surface area contributed by atoms with Gasteiger partial charge in [0.1, 0.15) is 8.24 Å². The molecule has 0 unspecified atom stereocenters. The quantitative estimate of drug-likeness (QED) is 0.482. The van der Waals surface area contributed by atoms with Crippen LogP contribution in [0.4, 0.5) is 0 Å². The second-order valence-corrected chi connectivity index (χ2v) is 11.3. The van der Waals surface area contributed by atoms with Gasteiger partial charge in [0.05, 0.1) is 0 Å². The van der Waals surface area contributed by atoms with Crippen molar-refractivity contribution >= 4 is 8.24 Å². The van der Waals surface area contributed by atoms with E-state index < -0.39 is 8.24 Å². The predicted molar refractivity (Wildman–Crippen MR) is 101 cm³/mol. The zero-order chi connectivity index (χ0) is 15.8.